The smallest absolute Gasteiger partial charge is 0.289 e. The van der Waals surface area contributed by atoms with Gasteiger partial charge in [0, 0.05) is 25.9 Å². The van der Waals surface area contributed by atoms with Gasteiger partial charge < -0.3 is 14.6 Å². The van der Waals surface area contributed by atoms with Crippen molar-refractivity contribution in [1.82, 2.24) is 20.0 Å². The Hall–Kier alpha value is -2.57. The summed E-state index contributed by atoms with van der Waals surface area (Å²) in [5.41, 5.74) is 0. The Morgan fingerprint density at radius 1 is 1.38 bits per heavy atom. The molecule has 24 heavy (non-hydrogen) atoms. The van der Waals surface area contributed by atoms with Gasteiger partial charge in [-0.15, -0.1) is 0 Å². The first-order valence-corrected chi connectivity index (χ1v) is 8.25. The molecule has 1 aliphatic heterocycles. The fourth-order valence-corrected chi connectivity index (χ4v) is 3.02. The molecule has 0 saturated carbocycles. The number of likely N-dealkylation sites (tertiary alicyclic amines) is 1. The normalized spacial score (nSPS) is 17.7. The third-order valence-corrected chi connectivity index (χ3v) is 4.23. The Labute approximate surface area is 140 Å². The lowest BCUT2D eigenvalue weighted by Crippen LogP contribution is -2.45. The zero-order chi connectivity index (χ0) is 16.9. The zero-order valence-corrected chi connectivity index (χ0v) is 13.8. The molecule has 2 aromatic rings. The molecule has 0 spiro atoms. The van der Waals surface area contributed by atoms with Gasteiger partial charge in [-0.1, -0.05) is 0 Å². The van der Waals surface area contributed by atoms with Crippen LogP contribution < -0.4 is 5.32 Å². The van der Waals surface area contributed by atoms with Crippen LogP contribution in [-0.2, 0) is 17.9 Å². The highest BCUT2D eigenvalue weighted by atomic mass is 16.4. The number of rotatable bonds is 5. The van der Waals surface area contributed by atoms with Crippen LogP contribution in [0.25, 0.3) is 0 Å². The van der Waals surface area contributed by atoms with Crippen molar-refractivity contribution in [3.05, 3.63) is 42.1 Å². The maximum atomic E-state index is 12.8. The largest absolute Gasteiger partial charge is 0.454 e. The van der Waals surface area contributed by atoms with Crippen molar-refractivity contribution in [1.29, 1.82) is 0 Å². The summed E-state index contributed by atoms with van der Waals surface area (Å²) < 4.78 is 7.47. The predicted molar refractivity (Wildman–Crippen MR) is 87.1 cm³/mol. The third kappa shape index (κ3) is 3.84. The first-order chi connectivity index (χ1) is 11.6. The zero-order valence-electron chi connectivity index (χ0n) is 13.8. The van der Waals surface area contributed by atoms with E-state index in [1.807, 2.05) is 21.8 Å². The van der Waals surface area contributed by atoms with Gasteiger partial charge in [0.05, 0.1) is 19.1 Å². The number of nitrogens with one attached hydrogen (secondary N) is 1. The topological polar surface area (TPSA) is 80.4 Å². The molecule has 0 aromatic carbocycles. The average molecular weight is 330 g/mol. The molecule has 3 rings (SSSR count). The Kier molecular flexibility index (Phi) is 4.98. The van der Waals surface area contributed by atoms with Gasteiger partial charge in [0.2, 0.25) is 5.91 Å². The van der Waals surface area contributed by atoms with Gasteiger partial charge in [-0.2, -0.15) is 5.10 Å². The van der Waals surface area contributed by atoms with Crippen LogP contribution in [0, 0.1) is 0 Å². The molecule has 0 aliphatic carbocycles. The minimum atomic E-state index is -0.130. The van der Waals surface area contributed by atoms with E-state index in [9.17, 15) is 9.59 Å². The van der Waals surface area contributed by atoms with Crippen LogP contribution in [-0.4, -0.2) is 39.1 Å². The van der Waals surface area contributed by atoms with Crippen molar-refractivity contribution in [2.45, 2.75) is 45.3 Å². The molecular weight excluding hydrogens is 308 g/mol. The average Bonchev–Trinajstić information content (AvgIpc) is 3.24. The molecule has 2 aromatic heterocycles. The lowest BCUT2D eigenvalue weighted by Gasteiger charge is -2.35. The monoisotopic (exact) mass is 330 g/mol. The maximum absolute atomic E-state index is 12.8. The number of aromatic nitrogens is 2. The summed E-state index contributed by atoms with van der Waals surface area (Å²) in [5, 5.41) is 6.90. The van der Waals surface area contributed by atoms with Gasteiger partial charge >= 0.3 is 0 Å². The lowest BCUT2D eigenvalue weighted by molar-refractivity contribution is -0.119. The Bertz CT molecular complexity index is 693. The molecule has 0 unspecified atom stereocenters. The summed E-state index contributed by atoms with van der Waals surface area (Å²) in [4.78, 5) is 25.6. The summed E-state index contributed by atoms with van der Waals surface area (Å²) in [6, 6.07) is 5.42. The molecule has 1 saturated heterocycles. The molecule has 1 N–H and O–H groups in total. The molecule has 0 radical (unpaired) electrons. The fraction of sp³-hybridized carbons (Fsp3) is 0.471. The van der Waals surface area contributed by atoms with Crippen molar-refractivity contribution < 1.29 is 14.0 Å². The minimum Gasteiger partial charge on any atom is -0.454 e. The Morgan fingerprint density at radius 2 is 2.25 bits per heavy atom. The molecule has 1 fully saturated rings. The molecule has 2 amide bonds. The summed E-state index contributed by atoms with van der Waals surface area (Å²) >= 11 is 0. The van der Waals surface area contributed by atoms with Crippen molar-refractivity contribution in [2.75, 3.05) is 6.54 Å². The van der Waals surface area contributed by atoms with E-state index >= 15 is 0 Å². The minimum absolute atomic E-state index is 0.0964. The second-order valence-electron chi connectivity index (χ2n) is 6.05. The number of furan rings is 1. The first kappa shape index (κ1) is 16.3. The van der Waals surface area contributed by atoms with Gasteiger partial charge in [-0.25, -0.2) is 0 Å². The van der Waals surface area contributed by atoms with Crippen LogP contribution in [0.2, 0.25) is 0 Å². The molecular formula is C17H22N4O3. The molecule has 7 nitrogen and oxygen atoms in total. The van der Waals surface area contributed by atoms with E-state index in [-0.39, 0.29) is 17.9 Å². The second kappa shape index (κ2) is 7.33. The summed E-state index contributed by atoms with van der Waals surface area (Å²) in [7, 11) is 0. The summed E-state index contributed by atoms with van der Waals surface area (Å²) in [6.07, 6.45) is 6.74. The molecule has 1 atom stereocenters. The SMILES string of the molecule is CC(=O)NCc1ccc(C(=O)N2CCCC[C@H]2Cn2cccn2)o1. The van der Waals surface area contributed by atoms with Crippen LogP contribution >= 0.6 is 0 Å². The Morgan fingerprint density at radius 3 is 3.00 bits per heavy atom. The van der Waals surface area contributed by atoms with E-state index in [0.717, 1.165) is 25.8 Å². The van der Waals surface area contributed by atoms with Gasteiger partial charge in [0.15, 0.2) is 5.76 Å². The van der Waals surface area contributed by atoms with Gasteiger partial charge in [-0.05, 0) is 37.5 Å². The standard InChI is InChI=1S/C17H22N4O3/c1-13(22)18-11-15-6-7-16(24-15)17(23)21-10-3-2-5-14(21)12-20-9-4-8-19-20/h4,6-9,14H,2-3,5,10-12H2,1H3,(H,18,22)/t14-/m0/s1. The van der Waals surface area contributed by atoms with Crippen molar-refractivity contribution in [2.24, 2.45) is 0 Å². The van der Waals surface area contributed by atoms with E-state index in [4.69, 9.17) is 4.42 Å². The van der Waals surface area contributed by atoms with E-state index in [1.54, 1.807) is 18.3 Å². The number of hydrogen-bond donors (Lipinski definition) is 1. The van der Waals surface area contributed by atoms with Crippen molar-refractivity contribution >= 4 is 11.8 Å². The number of nitrogens with zero attached hydrogens (tertiary/aromatic N) is 3. The molecule has 0 bridgehead atoms. The number of piperidine rings is 1. The van der Waals surface area contributed by atoms with Crippen LogP contribution in [0.5, 0.6) is 0 Å². The number of amides is 2. The number of carbonyl (C=O) groups is 2. The molecule has 1 aliphatic rings. The van der Waals surface area contributed by atoms with E-state index in [2.05, 4.69) is 10.4 Å². The number of carbonyl (C=O) groups excluding carboxylic acids is 2. The molecule has 128 valence electrons. The Balaban J connectivity index is 1.68. The van der Waals surface area contributed by atoms with Crippen LogP contribution in [0.15, 0.2) is 35.0 Å². The first-order valence-electron chi connectivity index (χ1n) is 8.25. The van der Waals surface area contributed by atoms with Gasteiger partial charge in [0.25, 0.3) is 5.91 Å². The molecule has 7 heteroatoms. The third-order valence-electron chi connectivity index (χ3n) is 4.23. The highest BCUT2D eigenvalue weighted by Gasteiger charge is 2.29. The summed E-state index contributed by atoms with van der Waals surface area (Å²) in [6.45, 7) is 3.16. The second-order valence-corrected chi connectivity index (χ2v) is 6.05. The van der Waals surface area contributed by atoms with Crippen LogP contribution in [0.4, 0.5) is 0 Å². The fourth-order valence-electron chi connectivity index (χ4n) is 3.02. The van der Waals surface area contributed by atoms with Crippen molar-refractivity contribution in [3.8, 4) is 0 Å². The number of hydrogen-bond acceptors (Lipinski definition) is 4. The quantitative estimate of drug-likeness (QED) is 0.906. The predicted octanol–water partition coefficient (Wildman–Crippen LogP) is 1.81. The highest BCUT2D eigenvalue weighted by molar-refractivity contribution is 5.91. The van der Waals surface area contributed by atoms with Gasteiger partial charge in [0.1, 0.15) is 5.76 Å². The lowest BCUT2D eigenvalue weighted by atomic mass is 10.0. The van der Waals surface area contributed by atoms with Crippen molar-refractivity contribution in [3.63, 3.8) is 0 Å². The van der Waals surface area contributed by atoms with Crippen LogP contribution in [0.3, 0.4) is 0 Å². The maximum Gasteiger partial charge on any atom is 0.289 e. The molecule has 3 heterocycles. The van der Waals surface area contributed by atoms with Crippen LogP contribution in [0.1, 0.15) is 42.5 Å². The summed E-state index contributed by atoms with van der Waals surface area (Å²) in [5.74, 6) is 0.674. The van der Waals surface area contributed by atoms with E-state index in [0.29, 0.717) is 24.6 Å². The van der Waals surface area contributed by atoms with E-state index in [1.165, 1.54) is 6.92 Å². The van der Waals surface area contributed by atoms with E-state index < -0.39 is 0 Å². The highest BCUT2D eigenvalue weighted by Crippen LogP contribution is 2.22. The van der Waals surface area contributed by atoms with Gasteiger partial charge in [-0.3, -0.25) is 14.3 Å².